The average Bonchev–Trinajstić information content (AvgIpc) is 2.22. The number of aromatic nitrogens is 1. The van der Waals surface area contributed by atoms with Gasteiger partial charge in [0, 0.05) is 18.9 Å². The van der Waals surface area contributed by atoms with Gasteiger partial charge in [-0.25, -0.2) is 13.4 Å². The Morgan fingerprint density at radius 3 is 2.72 bits per heavy atom. The zero-order valence-corrected chi connectivity index (χ0v) is 11.2. The van der Waals surface area contributed by atoms with Crippen molar-refractivity contribution in [3.05, 3.63) is 27.4 Å². The van der Waals surface area contributed by atoms with Crippen LogP contribution >= 0.6 is 11.6 Å². The number of nitrogens with zero attached hydrogens (tertiary/aromatic N) is 2. The summed E-state index contributed by atoms with van der Waals surface area (Å²) in [5.41, 5.74) is -0.196. The summed E-state index contributed by atoms with van der Waals surface area (Å²) >= 11 is 5.64. The molecule has 0 atom stereocenters. The van der Waals surface area contributed by atoms with Crippen LogP contribution in [0.4, 0.5) is 11.5 Å². The molecule has 0 saturated heterocycles. The SMILES string of the molecule is CS(=O)(=O)CCCNc1nc(Cl)ccc1[N+](=O)[O-]. The van der Waals surface area contributed by atoms with Gasteiger partial charge in [-0.3, -0.25) is 10.1 Å². The molecule has 1 aromatic rings. The monoisotopic (exact) mass is 293 g/mol. The van der Waals surface area contributed by atoms with Crippen molar-refractivity contribution in [2.45, 2.75) is 6.42 Å². The summed E-state index contributed by atoms with van der Waals surface area (Å²) in [7, 11) is -3.03. The molecule has 0 aliphatic heterocycles. The van der Waals surface area contributed by atoms with Crippen LogP contribution in [-0.4, -0.2) is 36.9 Å². The molecule has 9 heteroatoms. The minimum Gasteiger partial charge on any atom is -0.364 e. The molecule has 1 rings (SSSR count). The van der Waals surface area contributed by atoms with Gasteiger partial charge >= 0.3 is 5.69 Å². The Morgan fingerprint density at radius 2 is 2.17 bits per heavy atom. The van der Waals surface area contributed by atoms with E-state index in [2.05, 4.69) is 10.3 Å². The quantitative estimate of drug-likeness (QED) is 0.369. The Morgan fingerprint density at radius 1 is 1.50 bits per heavy atom. The lowest BCUT2D eigenvalue weighted by Gasteiger charge is -2.05. The third-order valence-electron chi connectivity index (χ3n) is 2.02. The number of rotatable bonds is 6. The number of nitrogens with one attached hydrogen (secondary N) is 1. The van der Waals surface area contributed by atoms with Crippen LogP contribution in [0, 0.1) is 10.1 Å². The van der Waals surface area contributed by atoms with Crippen LogP contribution in [0.15, 0.2) is 12.1 Å². The second-order valence-electron chi connectivity index (χ2n) is 3.67. The minimum absolute atomic E-state index is 0.00830. The summed E-state index contributed by atoms with van der Waals surface area (Å²) < 4.78 is 21.8. The first-order valence-corrected chi connectivity index (χ1v) is 7.46. The fraction of sp³-hybridized carbons (Fsp3) is 0.444. The van der Waals surface area contributed by atoms with Crippen molar-refractivity contribution in [3.8, 4) is 0 Å². The van der Waals surface area contributed by atoms with Gasteiger partial charge in [0.2, 0.25) is 5.82 Å². The van der Waals surface area contributed by atoms with Gasteiger partial charge in [0.1, 0.15) is 15.0 Å². The number of halogens is 1. The number of anilines is 1. The molecule has 0 fully saturated rings. The van der Waals surface area contributed by atoms with Crippen molar-refractivity contribution in [1.82, 2.24) is 4.98 Å². The van der Waals surface area contributed by atoms with E-state index in [1.165, 1.54) is 12.1 Å². The van der Waals surface area contributed by atoms with Crippen LogP contribution < -0.4 is 5.32 Å². The molecular formula is C9H12ClN3O4S. The van der Waals surface area contributed by atoms with E-state index in [0.717, 1.165) is 6.26 Å². The van der Waals surface area contributed by atoms with E-state index in [-0.39, 0.29) is 29.0 Å². The molecule has 18 heavy (non-hydrogen) atoms. The predicted molar refractivity (Wildman–Crippen MR) is 68.7 cm³/mol. The van der Waals surface area contributed by atoms with E-state index in [9.17, 15) is 18.5 Å². The van der Waals surface area contributed by atoms with Crippen LogP contribution in [-0.2, 0) is 9.84 Å². The van der Waals surface area contributed by atoms with E-state index in [0.29, 0.717) is 6.42 Å². The van der Waals surface area contributed by atoms with Crippen molar-refractivity contribution in [1.29, 1.82) is 0 Å². The van der Waals surface area contributed by atoms with Crippen LogP contribution in [0.3, 0.4) is 0 Å². The van der Waals surface area contributed by atoms with E-state index in [1.807, 2.05) is 0 Å². The second-order valence-corrected chi connectivity index (χ2v) is 6.32. The number of hydrogen-bond acceptors (Lipinski definition) is 6. The zero-order chi connectivity index (χ0) is 13.8. The molecule has 7 nitrogen and oxygen atoms in total. The molecule has 0 spiro atoms. The first-order valence-electron chi connectivity index (χ1n) is 5.02. The topological polar surface area (TPSA) is 102 Å². The summed E-state index contributed by atoms with van der Waals surface area (Å²) in [6.45, 7) is 0.265. The van der Waals surface area contributed by atoms with Crippen LogP contribution in [0.1, 0.15) is 6.42 Å². The van der Waals surface area contributed by atoms with Crippen LogP contribution in [0.5, 0.6) is 0 Å². The van der Waals surface area contributed by atoms with Gasteiger partial charge in [0.05, 0.1) is 10.7 Å². The lowest BCUT2D eigenvalue weighted by atomic mass is 10.4. The van der Waals surface area contributed by atoms with Gasteiger partial charge < -0.3 is 5.32 Å². The predicted octanol–water partition coefficient (Wildman–Crippen LogP) is 1.49. The van der Waals surface area contributed by atoms with Gasteiger partial charge in [-0.2, -0.15) is 0 Å². The highest BCUT2D eigenvalue weighted by Gasteiger charge is 2.15. The summed E-state index contributed by atoms with van der Waals surface area (Å²) in [6, 6.07) is 2.57. The zero-order valence-electron chi connectivity index (χ0n) is 9.59. The molecule has 1 heterocycles. The highest BCUT2D eigenvalue weighted by atomic mass is 35.5. The maximum Gasteiger partial charge on any atom is 0.311 e. The molecule has 0 saturated carbocycles. The maximum absolute atomic E-state index is 10.9. The van der Waals surface area contributed by atoms with Crippen LogP contribution in [0.25, 0.3) is 0 Å². The molecule has 0 bridgehead atoms. The first-order chi connectivity index (χ1) is 8.29. The summed E-state index contributed by atoms with van der Waals surface area (Å²) in [5, 5.41) is 13.5. The van der Waals surface area contributed by atoms with Crippen molar-refractivity contribution < 1.29 is 13.3 Å². The van der Waals surface area contributed by atoms with Gasteiger partial charge in [-0.05, 0) is 12.5 Å². The smallest absolute Gasteiger partial charge is 0.311 e. The number of pyridine rings is 1. The highest BCUT2D eigenvalue weighted by Crippen LogP contribution is 2.23. The molecule has 1 aromatic heterocycles. The summed E-state index contributed by atoms with van der Waals surface area (Å²) in [4.78, 5) is 13.9. The molecule has 0 amide bonds. The van der Waals surface area contributed by atoms with Gasteiger partial charge in [0.15, 0.2) is 0 Å². The normalized spacial score (nSPS) is 11.2. The van der Waals surface area contributed by atoms with Gasteiger partial charge in [0.25, 0.3) is 0 Å². The maximum atomic E-state index is 10.9. The third kappa shape index (κ3) is 4.84. The minimum atomic E-state index is -3.03. The lowest BCUT2D eigenvalue weighted by Crippen LogP contribution is -2.11. The van der Waals surface area contributed by atoms with Gasteiger partial charge in [-0.15, -0.1) is 0 Å². The average molecular weight is 294 g/mol. The van der Waals surface area contributed by atoms with Crippen molar-refractivity contribution >= 4 is 32.9 Å². The Balaban J connectivity index is 2.66. The van der Waals surface area contributed by atoms with Crippen molar-refractivity contribution in [3.63, 3.8) is 0 Å². The third-order valence-corrected chi connectivity index (χ3v) is 3.26. The molecule has 0 unspecified atom stereocenters. The second kappa shape index (κ2) is 5.96. The largest absolute Gasteiger partial charge is 0.364 e. The Hall–Kier alpha value is -1.41. The first kappa shape index (κ1) is 14.7. The lowest BCUT2D eigenvalue weighted by molar-refractivity contribution is -0.384. The number of hydrogen-bond donors (Lipinski definition) is 1. The fourth-order valence-corrected chi connectivity index (χ4v) is 2.06. The van der Waals surface area contributed by atoms with Crippen LogP contribution in [0.2, 0.25) is 5.15 Å². The summed E-state index contributed by atoms with van der Waals surface area (Å²) in [6.07, 6.45) is 1.47. The standard InChI is InChI=1S/C9H12ClN3O4S/c1-18(16,17)6-2-5-11-9-7(13(14)15)3-4-8(10)12-9/h3-4H,2,5-6H2,1H3,(H,11,12). The van der Waals surface area contributed by atoms with Crippen molar-refractivity contribution in [2.24, 2.45) is 0 Å². The van der Waals surface area contributed by atoms with Crippen molar-refractivity contribution in [2.75, 3.05) is 23.9 Å². The highest BCUT2D eigenvalue weighted by molar-refractivity contribution is 7.90. The number of nitro groups is 1. The molecule has 1 N–H and O–H groups in total. The Kier molecular flexibility index (Phi) is 4.85. The van der Waals surface area contributed by atoms with E-state index < -0.39 is 14.8 Å². The molecule has 0 aliphatic carbocycles. The number of sulfone groups is 1. The Labute approximate surface area is 109 Å². The molecule has 100 valence electrons. The Bertz CT molecular complexity index is 547. The molecule has 0 aromatic carbocycles. The molecular weight excluding hydrogens is 282 g/mol. The van der Waals surface area contributed by atoms with E-state index >= 15 is 0 Å². The summed E-state index contributed by atoms with van der Waals surface area (Å²) in [5.74, 6) is 0.0509. The van der Waals surface area contributed by atoms with E-state index in [1.54, 1.807) is 0 Å². The van der Waals surface area contributed by atoms with E-state index in [4.69, 9.17) is 11.6 Å². The van der Waals surface area contributed by atoms with Gasteiger partial charge in [-0.1, -0.05) is 11.6 Å². The fourth-order valence-electron chi connectivity index (χ4n) is 1.25. The molecule has 0 aliphatic rings. The molecule has 0 radical (unpaired) electrons.